The Morgan fingerprint density at radius 3 is 2.50 bits per heavy atom. The molecule has 0 aromatic heterocycles. The van der Waals surface area contributed by atoms with Gasteiger partial charge in [0.05, 0.1) is 0 Å². The van der Waals surface area contributed by atoms with Crippen molar-refractivity contribution in [3.05, 3.63) is 70.5 Å². The first-order valence-electron chi connectivity index (χ1n) is 6.36. The Labute approximate surface area is 115 Å². The molecule has 1 N–H and O–H groups in total. The van der Waals surface area contributed by atoms with E-state index in [2.05, 4.69) is 5.32 Å². The van der Waals surface area contributed by atoms with Crippen molar-refractivity contribution in [2.24, 2.45) is 0 Å². The van der Waals surface area contributed by atoms with Gasteiger partial charge in [0.15, 0.2) is 5.78 Å². The molecule has 1 heterocycles. The number of carbonyl (C=O) groups is 2. The highest BCUT2D eigenvalue weighted by Crippen LogP contribution is 2.18. The van der Waals surface area contributed by atoms with Gasteiger partial charge in [-0.1, -0.05) is 12.1 Å². The van der Waals surface area contributed by atoms with Gasteiger partial charge in [0.25, 0.3) is 5.91 Å². The summed E-state index contributed by atoms with van der Waals surface area (Å²) >= 11 is 0. The average molecular weight is 269 g/mol. The van der Waals surface area contributed by atoms with Crippen LogP contribution in [0.2, 0.25) is 0 Å². The molecule has 2 aromatic carbocycles. The van der Waals surface area contributed by atoms with Gasteiger partial charge in [-0.2, -0.15) is 0 Å². The lowest BCUT2D eigenvalue weighted by Crippen LogP contribution is -2.32. The van der Waals surface area contributed by atoms with E-state index in [0.29, 0.717) is 23.2 Å². The van der Waals surface area contributed by atoms with Crippen LogP contribution < -0.4 is 5.32 Å². The van der Waals surface area contributed by atoms with Crippen molar-refractivity contribution in [2.75, 3.05) is 6.54 Å². The van der Waals surface area contributed by atoms with Crippen molar-refractivity contribution in [1.29, 1.82) is 0 Å². The molecule has 0 saturated heterocycles. The number of hydrogen-bond donors (Lipinski definition) is 1. The first-order valence-corrected chi connectivity index (χ1v) is 6.36. The summed E-state index contributed by atoms with van der Waals surface area (Å²) in [7, 11) is 0. The van der Waals surface area contributed by atoms with Crippen molar-refractivity contribution >= 4 is 11.7 Å². The van der Waals surface area contributed by atoms with Crippen LogP contribution in [0, 0.1) is 5.82 Å². The molecule has 0 unspecified atom stereocenters. The molecule has 3 rings (SSSR count). The van der Waals surface area contributed by atoms with Crippen molar-refractivity contribution in [1.82, 2.24) is 5.32 Å². The number of benzene rings is 2. The predicted molar refractivity (Wildman–Crippen MR) is 72.3 cm³/mol. The minimum absolute atomic E-state index is 0.153. The third kappa shape index (κ3) is 2.20. The highest BCUT2D eigenvalue weighted by Gasteiger charge is 2.19. The summed E-state index contributed by atoms with van der Waals surface area (Å²) in [5.74, 6) is -0.752. The smallest absolute Gasteiger partial charge is 0.251 e. The number of ketones is 1. The van der Waals surface area contributed by atoms with E-state index in [1.807, 2.05) is 6.07 Å². The highest BCUT2D eigenvalue weighted by atomic mass is 19.1. The number of amides is 1. The van der Waals surface area contributed by atoms with Crippen LogP contribution in [-0.4, -0.2) is 18.2 Å². The van der Waals surface area contributed by atoms with Crippen molar-refractivity contribution in [3.8, 4) is 0 Å². The second kappa shape index (κ2) is 4.89. The van der Waals surface area contributed by atoms with Gasteiger partial charge in [0.1, 0.15) is 5.82 Å². The van der Waals surface area contributed by atoms with E-state index < -0.39 is 0 Å². The summed E-state index contributed by atoms with van der Waals surface area (Å²) < 4.78 is 12.9. The zero-order chi connectivity index (χ0) is 14.1. The summed E-state index contributed by atoms with van der Waals surface area (Å²) in [6, 6.07) is 10.5. The molecule has 0 saturated carbocycles. The molecule has 0 radical (unpaired) electrons. The second-order valence-corrected chi connectivity index (χ2v) is 4.71. The van der Waals surface area contributed by atoms with Crippen LogP contribution in [0.15, 0.2) is 42.5 Å². The zero-order valence-electron chi connectivity index (χ0n) is 10.7. The van der Waals surface area contributed by atoms with E-state index >= 15 is 0 Å². The fraction of sp³-hybridized carbons (Fsp3) is 0.125. The van der Waals surface area contributed by atoms with Crippen LogP contribution in [0.25, 0.3) is 0 Å². The number of halogens is 1. The van der Waals surface area contributed by atoms with E-state index in [0.717, 1.165) is 12.0 Å². The minimum Gasteiger partial charge on any atom is -0.352 e. The Hall–Kier alpha value is -2.49. The van der Waals surface area contributed by atoms with Crippen LogP contribution in [0.1, 0.15) is 31.8 Å². The van der Waals surface area contributed by atoms with Crippen molar-refractivity contribution < 1.29 is 14.0 Å². The number of carbonyl (C=O) groups excluding carboxylic acids is 2. The maximum atomic E-state index is 12.9. The van der Waals surface area contributed by atoms with Crippen LogP contribution in [0.5, 0.6) is 0 Å². The van der Waals surface area contributed by atoms with Crippen LogP contribution in [0.3, 0.4) is 0 Å². The molecule has 1 aliphatic heterocycles. The van der Waals surface area contributed by atoms with Crippen LogP contribution >= 0.6 is 0 Å². The maximum Gasteiger partial charge on any atom is 0.251 e. The summed E-state index contributed by atoms with van der Waals surface area (Å²) in [6.07, 6.45) is 0.770. The highest BCUT2D eigenvalue weighted by molar-refractivity contribution is 6.10. The lowest BCUT2D eigenvalue weighted by atomic mass is 9.94. The summed E-state index contributed by atoms with van der Waals surface area (Å²) in [5.41, 5.74) is 2.34. The van der Waals surface area contributed by atoms with E-state index in [-0.39, 0.29) is 17.5 Å². The third-order valence-corrected chi connectivity index (χ3v) is 3.40. The SMILES string of the molecule is O=C(c1ccc(F)cc1)c1ccc2c(c1)C(=O)NCC2. The molecule has 20 heavy (non-hydrogen) atoms. The molecule has 0 spiro atoms. The second-order valence-electron chi connectivity index (χ2n) is 4.71. The van der Waals surface area contributed by atoms with Crippen molar-refractivity contribution in [3.63, 3.8) is 0 Å². The first kappa shape index (κ1) is 12.5. The number of nitrogens with one attached hydrogen (secondary N) is 1. The fourth-order valence-electron chi connectivity index (χ4n) is 2.32. The van der Waals surface area contributed by atoms with Gasteiger partial charge in [0.2, 0.25) is 0 Å². The lowest BCUT2D eigenvalue weighted by molar-refractivity contribution is 0.0946. The largest absolute Gasteiger partial charge is 0.352 e. The molecule has 0 bridgehead atoms. The zero-order valence-corrected chi connectivity index (χ0v) is 10.7. The van der Waals surface area contributed by atoms with Gasteiger partial charge in [-0.25, -0.2) is 4.39 Å². The summed E-state index contributed by atoms with van der Waals surface area (Å²) in [4.78, 5) is 24.1. The molecular weight excluding hydrogens is 257 g/mol. The first-order chi connectivity index (χ1) is 9.65. The van der Waals surface area contributed by atoms with Gasteiger partial charge >= 0.3 is 0 Å². The number of fused-ring (bicyclic) bond motifs is 1. The molecule has 0 aliphatic carbocycles. The Bertz CT molecular complexity index is 692. The fourth-order valence-corrected chi connectivity index (χ4v) is 2.32. The van der Waals surface area contributed by atoms with Crippen molar-refractivity contribution in [2.45, 2.75) is 6.42 Å². The van der Waals surface area contributed by atoms with Gasteiger partial charge in [-0.3, -0.25) is 9.59 Å². The molecule has 100 valence electrons. The van der Waals surface area contributed by atoms with Gasteiger partial charge in [0, 0.05) is 23.2 Å². The molecule has 0 atom stereocenters. The van der Waals surface area contributed by atoms with Gasteiger partial charge in [-0.15, -0.1) is 0 Å². The number of rotatable bonds is 2. The Morgan fingerprint density at radius 2 is 1.75 bits per heavy atom. The Kier molecular flexibility index (Phi) is 3.06. The molecule has 4 heteroatoms. The quantitative estimate of drug-likeness (QED) is 0.851. The van der Waals surface area contributed by atoms with Crippen LogP contribution in [0.4, 0.5) is 4.39 Å². The minimum atomic E-state index is -0.383. The van der Waals surface area contributed by atoms with E-state index in [1.165, 1.54) is 24.3 Å². The molecule has 1 aliphatic rings. The predicted octanol–water partition coefficient (Wildman–Crippen LogP) is 2.34. The Balaban J connectivity index is 1.98. The Morgan fingerprint density at radius 1 is 1.05 bits per heavy atom. The van der Waals surface area contributed by atoms with Crippen LogP contribution in [-0.2, 0) is 6.42 Å². The van der Waals surface area contributed by atoms with Gasteiger partial charge < -0.3 is 5.32 Å². The molecule has 2 aromatic rings. The van der Waals surface area contributed by atoms with E-state index in [1.54, 1.807) is 12.1 Å². The number of hydrogen-bond acceptors (Lipinski definition) is 2. The molecule has 3 nitrogen and oxygen atoms in total. The lowest BCUT2D eigenvalue weighted by Gasteiger charge is -2.16. The molecule has 1 amide bonds. The third-order valence-electron chi connectivity index (χ3n) is 3.40. The average Bonchev–Trinajstić information content (AvgIpc) is 2.47. The normalized spacial score (nSPS) is 13.6. The summed E-state index contributed by atoms with van der Waals surface area (Å²) in [5, 5.41) is 2.75. The summed E-state index contributed by atoms with van der Waals surface area (Å²) in [6.45, 7) is 0.622. The van der Waals surface area contributed by atoms with Gasteiger partial charge in [-0.05, 0) is 42.3 Å². The monoisotopic (exact) mass is 269 g/mol. The topological polar surface area (TPSA) is 46.2 Å². The standard InChI is InChI=1S/C16H12FNO2/c17-13-5-3-11(4-6-13)15(19)12-2-1-10-7-8-18-16(20)14(10)9-12/h1-6,9H,7-8H2,(H,18,20). The van der Waals surface area contributed by atoms with E-state index in [4.69, 9.17) is 0 Å². The molecule has 0 fully saturated rings. The van der Waals surface area contributed by atoms with E-state index in [9.17, 15) is 14.0 Å². The maximum absolute atomic E-state index is 12.9. The molecular formula is C16H12FNO2.